The number of aryl methyl sites for hydroxylation is 2. The Labute approximate surface area is 138 Å². The number of rotatable bonds is 4. The maximum Gasteiger partial charge on any atom is 0.116 e. The maximum atomic E-state index is 4.55. The molecule has 4 nitrogen and oxygen atoms in total. The molecule has 0 aliphatic heterocycles. The van der Waals surface area contributed by atoms with E-state index in [1.165, 1.54) is 5.56 Å². The molecule has 0 amide bonds. The molecule has 0 radical (unpaired) electrons. The van der Waals surface area contributed by atoms with Gasteiger partial charge in [-0.25, -0.2) is 4.98 Å². The fourth-order valence-corrected chi connectivity index (χ4v) is 3.38. The van der Waals surface area contributed by atoms with Crippen LogP contribution in [0.2, 0.25) is 0 Å². The SMILES string of the molecule is Cc1nn(C)c(Sc2ncccc2Br)c1CNC(C)(C)C. The second-order valence-corrected chi connectivity index (χ2v) is 7.82. The van der Waals surface area contributed by atoms with Gasteiger partial charge < -0.3 is 5.32 Å². The summed E-state index contributed by atoms with van der Waals surface area (Å²) in [6.45, 7) is 9.36. The van der Waals surface area contributed by atoms with Crippen LogP contribution in [0.4, 0.5) is 0 Å². The van der Waals surface area contributed by atoms with Crippen LogP contribution in [-0.4, -0.2) is 20.3 Å². The largest absolute Gasteiger partial charge is 0.308 e. The fraction of sp³-hybridized carbons (Fsp3) is 0.467. The Kier molecular flexibility index (Phi) is 5.11. The molecule has 0 aromatic carbocycles. The van der Waals surface area contributed by atoms with Gasteiger partial charge >= 0.3 is 0 Å². The van der Waals surface area contributed by atoms with E-state index in [1.807, 2.05) is 30.1 Å². The molecular weight excluding hydrogens is 348 g/mol. The van der Waals surface area contributed by atoms with E-state index in [0.29, 0.717) is 0 Å². The van der Waals surface area contributed by atoms with Crippen LogP contribution >= 0.6 is 27.7 Å². The summed E-state index contributed by atoms with van der Waals surface area (Å²) in [5.74, 6) is 0. The van der Waals surface area contributed by atoms with E-state index < -0.39 is 0 Å². The number of aromatic nitrogens is 3. The van der Waals surface area contributed by atoms with Gasteiger partial charge in [0.2, 0.25) is 0 Å². The molecule has 0 spiro atoms. The second kappa shape index (κ2) is 6.50. The molecule has 114 valence electrons. The minimum Gasteiger partial charge on any atom is -0.308 e. The zero-order valence-corrected chi connectivity index (χ0v) is 15.5. The van der Waals surface area contributed by atoms with E-state index in [2.05, 4.69) is 59.0 Å². The molecule has 0 saturated carbocycles. The summed E-state index contributed by atoms with van der Waals surface area (Å²) in [6, 6.07) is 3.93. The Hall–Kier alpha value is -0.850. The highest BCUT2D eigenvalue weighted by Gasteiger charge is 2.18. The van der Waals surface area contributed by atoms with Crippen LogP contribution in [-0.2, 0) is 13.6 Å². The van der Waals surface area contributed by atoms with Crippen molar-refractivity contribution in [1.29, 1.82) is 0 Å². The van der Waals surface area contributed by atoms with Crippen LogP contribution in [0.5, 0.6) is 0 Å². The van der Waals surface area contributed by atoms with Gasteiger partial charge in [-0.2, -0.15) is 5.10 Å². The van der Waals surface area contributed by atoms with Crippen molar-refractivity contribution in [2.75, 3.05) is 0 Å². The minimum absolute atomic E-state index is 0.0792. The summed E-state index contributed by atoms with van der Waals surface area (Å²) in [6.07, 6.45) is 1.81. The summed E-state index contributed by atoms with van der Waals surface area (Å²) in [5, 5.41) is 10.2. The monoisotopic (exact) mass is 368 g/mol. The van der Waals surface area contributed by atoms with Gasteiger partial charge in [0.15, 0.2) is 0 Å². The first kappa shape index (κ1) is 16.5. The second-order valence-electron chi connectivity index (χ2n) is 5.99. The quantitative estimate of drug-likeness (QED) is 0.887. The van der Waals surface area contributed by atoms with Crippen molar-refractivity contribution < 1.29 is 0 Å². The molecule has 0 fully saturated rings. The summed E-state index contributed by atoms with van der Waals surface area (Å²) in [7, 11) is 1.98. The molecule has 2 heterocycles. The normalized spacial score (nSPS) is 11.9. The zero-order valence-electron chi connectivity index (χ0n) is 13.1. The topological polar surface area (TPSA) is 42.7 Å². The smallest absolute Gasteiger partial charge is 0.116 e. The highest BCUT2D eigenvalue weighted by Crippen LogP contribution is 2.34. The van der Waals surface area contributed by atoms with Gasteiger partial charge in [-0.05, 0) is 67.5 Å². The van der Waals surface area contributed by atoms with Crippen molar-refractivity contribution in [3.8, 4) is 0 Å². The van der Waals surface area contributed by atoms with Crippen LogP contribution < -0.4 is 5.32 Å². The lowest BCUT2D eigenvalue weighted by Gasteiger charge is -2.20. The van der Waals surface area contributed by atoms with Gasteiger partial charge in [-0.3, -0.25) is 4.68 Å². The molecule has 0 saturated heterocycles. The number of pyridine rings is 1. The molecule has 1 N–H and O–H groups in total. The van der Waals surface area contributed by atoms with E-state index in [1.54, 1.807) is 11.8 Å². The molecule has 6 heteroatoms. The average Bonchev–Trinajstić information content (AvgIpc) is 2.63. The minimum atomic E-state index is 0.0792. The molecule has 2 aromatic rings. The van der Waals surface area contributed by atoms with E-state index in [0.717, 1.165) is 26.8 Å². The van der Waals surface area contributed by atoms with Crippen LogP contribution in [0.3, 0.4) is 0 Å². The lowest BCUT2D eigenvalue weighted by molar-refractivity contribution is 0.421. The molecule has 0 aliphatic rings. The average molecular weight is 369 g/mol. The van der Waals surface area contributed by atoms with Gasteiger partial charge in [0, 0.05) is 30.9 Å². The number of hydrogen-bond donors (Lipinski definition) is 1. The van der Waals surface area contributed by atoms with Crippen molar-refractivity contribution in [2.45, 2.75) is 49.8 Å². The van der Waals surface area contributed by atoms with Crippen LogP contribution in [0, 0.1) is 6.92 Å². The molecule has 21 heavy (non-hydrogen) atoms. The molecule has 0 aliphatic carbocycles. The van der Waals surface area contributed by atoms with Crippen molar-refractivity contribution in [3.05, 3.63) is 34.1 Å². The molecule has 0 bridgehead atoms. The van der Waals surface area contributed by atoms with E-state index in [-0.39, 0.29) is 5.54 Å². The van der Waals surface area contributed by atoms with Crippen molar-refractivity contribution >= 4 is 27.7 Å². The first-order chi connectivity index (χ1) is 9.78. The predicted molar refractivity (Wildman–Crippen MR) is 90.6 cm³/mol. The Balaban J connectivity index is 2.29. The third kappa shape index (κ3) is 4.31. The Morgan fingerprint density at radius 1 is 1.38 bits per heavy atom. The first-order valence-electron chi connectivity index (χ1n) is 6.84. The van der Waals surface area contributed by atoms with Crippen molar-refractivity contribution in [1.82, 2.24) is 20.1 Å². The third-order valence-corrected chi connectivity index (χ3v) is 5.13. The third-order valence-electron chi connectivity index (χ3n) is 3.00. The van der Waals surface area contributed by atoms with Gasteiger partial charge in [0.1, 0.15) is 10.1 Å². The van der Waals surface area contributed by atoms with Crippen LogP contribution in [0.25, 0.3) is 0 Å². The first-order valence-corrected chi connectivity index (χ1v) is 8.45. The van der Waals surface area contributed by atoms with Crippen molar-refractivity contribution in [2.24, 2.45) is 7.05 Å². The molecule has 2 aromatic heterocycles. The standard InChI is InChI=1S/C15H21BrN4S/c1-10-11(9-18-15(2,3)4)14(20(5)19-10)21-13-12(16)7-6-8-17-13/h6-8,18H,9H2,1-5H3. The molecule has 2 rings (SSSR count). The maximum absolute atomic E-state index is 4.55. The van der Waals surface area contributed by atoms with Crippen LogP contribution in [0.15, 0.2) is 32.9 Å². The van der Waals surface area contributed by atoms with Gasteiger partial charge in [0.25, 0.3) is 0 Å². The van der Waals surface area contributed by atoms with Gasteiger partial charge in [0.05, 0.1) is 10.2 Å². The summed E-state index contributed by atoms with van der Waals surface area (Å²) in [5.41, 5.74) is 2.37. The Morgan fingerprint density at radius 3 is 2.71 bits per heavy atom. The lowest BCUT2D eigenvalue weighted by atomic mass is 10.1. The Bertz CT molecular complexity index is 631. The summed E-state index contributed by atoms with van der Waals surface area (Å²) in [4.78, 5) is 4.43. The van der Waals surface area contributed by atoms with Crippen molar-refractivity contribution in [3.63, 3.8) is 0 Å². The highest BCUT2D eigenvalue weighted by molar-refractivity contribution is 9.10. The summed E-state index contributed by atoms with van der Waals surface area (Å²) < 4.78 is 2.93. The lowest BCUT2D eigenvalue weighted by Crippen LogP contribution is -2.35. The summed E-state index contributed by atoms with van der Waals surface area (Å²) >= 11 is 5.19. The number of hydrogen-bond acceptors (Lipinski definition) is 4. The van der Waals surface area contributed by atoms with Gasteiger partial charge in [-0.15, -0.1) is 0 Å². The van der Waals surface area contributed by atoms with Crippen LogP contribution in [0.1, 0.15) is 32.0 Å². The zero-order chi connectivity index (χ0) is 15.6. The molecule has 0 unspecified atom stereocenters. The number of nitrogens with zero attached hydrogens (tertiary/aromatic N) is 3. The Morgan fingerprint density at radius 2 is 2.10 bits per heavy atom. The molecule has 0 atom stereocenters. The highest BCUT2D eigenvalue weighted by atomic mass is 79.9. The van der Waals surface area contributed by atoms with E-state index in [9.17, 15) is 0 Å². The van der Waals surface area contributed by atoms with Gasteiger partial charge in [-0.1, -0.05) is 0 Å². The number of nitrogens with one attached hydrogen (secondary N) is 1. The fourth-order valence-electron chi connectivity index (χ4n) is 1.90. The van der Waals surface area contributed by atoms with E-state index >= 15 is 0 Å². The molecular formula is C15H21BrN4S. The predicted octanol–water partition coefficient (Wildman–Crippen LogP) is 3.93. The van der Waals surface area contributed by atoms with E-state index in [4.69, 9.17) is 0 Å². The number of halogens is 1.